The predicted molar refractivity (Wildman–Crippen MR) is 161 cm³/mol. The summed E-state index contributed by atoms with van der Waals surface area (Å²) in [5.74, 6) is -1.60. The minimum atomic E-state index is -1.93. The third-order valence-corrected chi connectivity index (χ3v) is 8.71. The predicted octanol–water partition coefficient (Wildman–Crippen LogP) is 5.60. The highest BCUT2D eigenvalue weighted by Crippen LogP contribution is 2.52. The van der Waals surface area contributed by atoms with Crippen LogP contribution in [0.3, 0.4) is 0 Å². The Balaban J connectivity index is 1.38. The van der Waals surface area contributed by atoms with Crippen molar-refractivity contribution in [3.8, 4) is 0 Å². The quantitative estimate of drug-likeness (QED) is 0.207. The zero-order valence-corrected chi connectivity index (χ0v) is 24.1. The maximum Gasteiger partial charge on any atom is 0.237 e. The smallest absolute Gasteiger partial charge is 0.237 e. The maximum absolute atomic E-state index is 12.6. The van der Waals surface area contributed by atoms with E-state index in [4.69, 9.17) is 24.7 Å². The molecule has 0 amide bonds. The van der Waals surface area contributed by atoms with Gasteiger partial charge in [0.15, 0.2) is 5.60 Å². The first-order valence-corrected chi connectivity index (χ1v) is 14.7. The molecule has 1 aliphatic heterocycles. The number of anilines is 1. The molecule has 0 unspecified atom stereocenters. The molecule has 0 bridgehead atoms. The van der Waals surface area contributed by atoms with Crippen molar-refractivity contribution < 1.29 is 24.1 Å². The van der Waals surface area contributed by atoms with Crippen LogP contribution in [0, 0.1) is 0 Å². The summed E-state index contributed by atoms with van der Waals surface area (Å²) in [6.45, 7) is 2.91. The van der Waals surface area contributed by atoms with Gasteiger partial charge < -0.3 is 29.8 Å². The summed E-state index contributed by atoms with van der Waals surface area (Å²) < 4.78 is 26.0. The van der Waals surface area contributed by atoms with Crippen LogP contribution in [0.5, 0.6) is 0 Å². The van der Waals surface area contributed by atoms with Crippen LogP contribution in [0.25, 0.3) is 10.9 Å². The second kappa shape index (κ2) is 12.3. The van der Waals surface area contributed by atoms with Crippen molar-refractivity contribution in [3.63, 3.8) is 0 Å². The van der Waals surface area contributed by atoms with E-state index in [1.807, 2.05) is 103 Å². The standard InChI is InChI=1S/C33H33N3O5S/c1-32(40-19-25-15-9-4-10-16-25)29(39-18-24-13-7-3-8-14-24)27(20-38-17-23-11-5-2-6-12-23)41-33(32,37)30-28-26(21-42-30)31(34)36-22-35-28/h2-16,21-22,27,29,37H,17-20H2,1H3,(H2,34,35,36)/t27-,29-,32-,33+/m1/s1. The fourth-order valence-electron chi connectivity index (χ4n) is 5.35. The lowest BCUT2D eigenvalue weighted by Crippen LogP contribution is -2.55. The minimum absolute atomic E-state index is 0.168. The fourth-order valence-corrected chi connectivity index (χ4v) is 6.50. The molecule has 42 heavy (non-hydrogen) atoms. The monoisotopic (exact) mass is 583 g/mol. The van der Waals surface area contributed by atoms with Gasteiger partial charge in [-0.1, -0.05) is 91.0 Å². The van der Waals surface area contributed by atoms with E-state index in [-0.39, 0.29) is 13.2 Å². The van der Waals surface area contributed by atoms with E-state index >= 15 is 0 Å². The molecule has 2 aromatic heterocycles. The molecule has 3 aromatic carbocycles. The summed E-state index contributed by atoms with van der Waals surface area (Å²) >= 11 is 1.30. The van der Waals surface area contributed by atoms with Gasteiger partial charge >= 0.3 is 0 Å². The lowest BCUT2D eigenvalue weighted by Gasteiger charge is -2.39. The van der Waals surface area contributed by atoms with Crippen LogP contribution in [0.15, 0.2) is 103 Å². The summed E-state index contributed by atoms with van der Waals surface area (Å²) in [5, 5.41) is 15.1. The number of aromatic nitrogens is 2. The van der Waals surface area contributed by atoms with Gasteiger partial charge in [-0.25, -0.2) is 9.97 Å². The van der Waals surface area contributed by atoms with Gasteiger partial charge in [-0.3, -0.25) is 0 Å². The summed E-state index contributed by atoms with van der Waals surface area (Å²) in [6, 6.07) is 29.6. The highest BCUT2D eigenvalue weighted by molar-refractivity contribution is 7.11. The molecular weight excluding hydrogens is 550 g/mol. The van der Waals surface area contributed by atoms with Gasteiger partial charge in [-0.05, 0) is 23.6 Å². The Bertz CT molecular complexity index is 1600. The number of thiophene rings is 1. The van der Waals surface area contributed by atoms with Crippen molar-refractivity contribution in [1.82, 2.24) is 9.97 Å². The molecule has 3 N–H and O–H groups in total. The number of nitrogen functional groups attached to an aromatic ring is 1. The largest absolute Gasteiger partial charge is 0.383 e. The van der Waals surface area contributed by atoms with Gasteiger partial charge in [0.25, 0.3) is 0 Å². The van der Waals surface area contributed by atoms with Crippen LogP contribution in [0.1, 0.15) is 28.5 Å². The number of benzene rings is 3. The number of ether oxygens (including phenoxy) is 4. The van der Waals surface area contributed by atoms with Crippen LogP contribution in [-0.2, 0) is 44.6 Å². The first-order valence-electron chi connectivity index (χ1n) is 13.8. The Labute approximate surface area is 248 Å². The maximum atomic E-state index is 12.6. The lowest BCUT2D eigenvalue weighted by atomic mass is 9.87. The average Bonchev–Trinajstić information content (AvgIpc) is 3.55. The van der Waals surface area contributed by atoms with E-state index in [1.165, 1.54) is 17.7 Å². The van der Waals surface area contributed by atoms with E-state index < -0.39 is 23.6 Å². The fraction of sp³-hybridized carbons (Fsp3) is 0.273. The van der Waals surface area contributed by atoms with Crippen molar-refractivity contribution in [2.24, 2.45) is 0 Å². The number of fused-ring (bicyclic) bond motifs is 1. The van der Waals surface area contributed by atoms with Gasteiger partial charge in [-0.2, -0.15) is 0 Å². The third-order valence-electron chi connectivity index (χ3n) is 7.66. The highest BCUT2D eigenvalue weighted by Gasteiger charge is 2.67. The number of hydrogen-bond donors (Lipinski definition) is 2. The van der Waals surface area contributed by atoms with Crippen LogP contribution < -0.4 is 5.73 Å². The van der Waals surface area contributed by atoms with E-state index in [0.29, 0.717) is 34.8 Å². The Morgan fingerprint density at radius 1 is 0.857 bits per heavy atom. The first kappa shape index (κ1) is 28.4. The highest BCUT2D eigenvalue weighted by atomic mass is 32.1. The third kappa shape index (κ3) is 5.55. The molecule has 216 valence electrons. The molecule has 1 fully saturated rings. The molecule has 6 rings (SSSR count). The molecule has 0 radical (unpaired) electrons. The van der Waals surface area contributed by atoms with Crippen molar-refractivity contribution in [2.45, 2.75) is 50.3 Å². The van der Waals surface area contributed by atoms with Crippen molar-refractivity contribution in [1.29, 1.82) is 0 Å². The van der Waals surface area contributed by atoms with Gasteiger partial charge in [0.2, 0.25) is 5.79 Å². The van der Waals surface area contributed by atoms with Crippen LogP contribution >= 0.6 is 11.3 Å². The summed E-state index contributed by atoms with van der Waals surface area (Å²) in [6.07, 6.45) is 0.0103. The van der Waals surface area contributed by atoms with Crippen molar-refractivity contribution >= 4 is 28.1 Å². The SMILES string of the molecule is C[C@@]1(OCc2ccccc2)[C@H](OCc2ccccc2)[C@@H](COCc2ccccc2)O[C@@]1(O)c1scc2c(N)ncnc12. The Kier molecular flexibility index (Phi) is 8.30. The molecule has 8 nitrogen and oxygen atoms in total. The van der Waals surface area contributed by atoms with E-state index in [0.717, 1.165) is 16.7 Å². The van der Waals surface area contributed by atoms with E-state index in [9.17, 15) is 5.11 Å². The molecular formula is C33H33N3O5S. The molecule has 4 atom stereocenters. The van der Waals surface area contributed by atoms with E-state index in [1.54, 1.807) is 0 Å². The van der Waals surface area contributed by atoms with Crippen LogP contribution in [0.4, 0.5) is 5.82 Å². The normalized spacial score (nSPS) is 23.9. The molecule has 0 aliphatic carbocycles. The van der Waals surface area contributed by atoms with Gasteiger partial charge in [0, 0.05) is 5.38 Å². The molecule has 0 spiro atoms. The minimum Gasteiger partial charge on any atom is -0.383 e. The molecule has 1 saturated heterocycles. The molecule has 5 aromatic rings. The summed E-state index contributed by atoms with van der Waals surface area (Å²) in [4.78, 5) is 9.07. The zero-order chi connectivity index (χ0) is 29.0. The molecule has 3 heterocycles. The van der Waals surface area contributed by atoms with Crippen LogP contribution in [0.2, 0.25) is 0 Å². The number of rotatable bonds is 11. The Morgan fingerprint density at radius 3 is 2.10 bits per heavy atom. The van der Waals surface area contributed by atoms with Crippen molar-refractivity contribution in [3.05, 3.63) is 124 Å². The summed E-state index contributed by atoms with van der Waals surface area (Å²) in [5.41, 5.74) is 8.28. The number of nitrogens with zero attached hydrogens (tertiary/aromatic N) is 2. The first-order chi connectivity index (χ1) is 20.5. The number of hydrogen-bond acceptors (Lipinski definition) is 9. The second-order valence-corrected chi connectivity index (χ2v) is 11.4. The topological polar surface area (TPSA) is 109 Å². The number of aliphatic hydroxyl groups is 1. The Morgan fingerprint density at radius 2 is 1.45 bits per heavy atom. The van der Waals surface area contributed by atoms with Crippen LogP contribution in [-0.4, -0.2) is 39.5 Å². The molecule has 1 aliphatic rings. The zero-order valence-electron chi connectivity index (χ0n) is 23.3. The lowest BCUT2D eigenvalue weighted by molar-refractivity contribution is -0.289. The molecule has 9 heteroatoms. The summed E-state index contributed by atoms with van der Waals surface area (Å²) in [7, 11) is 0. The number of nitrogens with two attached hydrogens (primary N) is 1. The van der Waals surface area contributed by atoms with Gasteiger partial charge in [-0.15, -0.1) is 11.3 Å². The second-order valence-electron chi connectivity index (χ2n) is 10.5. The van der Waals surface area contributed by atoms with Gasteiger partial charge in [0.1, 0.15) is 24.4 Å². The Hall–Kier alpha value is -3.70. The molecule has 0 saturated carbocycles. The van der Waals surface area contributed by atoms with Gasteiger partial charge in [0.05, 0.1) is 42.2 Å². The average molecular weight is 584 g/mol. The van der Waals surface area contributed by atoms with Crippen molar-refractivity contribution in [2.75, 3.05) is 12.3 Å². The van der Waals surface area contributed by atoms with E-state index in [2.05, 4.69) is 9.97 Å².